The molecular formula is C14H17BrO. The van der Waals surface area contributed by atoms with Gasteiger partial charge in [-0.05, 0) is 54.7 Å². The number of benzene rings is 1. The average molecular weight is 281 g/mol. The number of hydrogen-bond donors (Lipinski definition) is 0. The van der Waals surface area contributed by atoms with Crippen molar-refractivity contribution in [1.82, 2.24) is 0 Å². The molecule has 1 aliphatic heterocycles. The minimum Gasteiger partial charge on any atom is -0.381 e. The van der Waals surface area contributed by atoms with Crippen molar-refractivity contribution in [1.29, 1.82) is 0 Å². The third-order valence-electron chi connectivity index (χ3n) is 3.73. The highest BCUT2D eigenvalue weighted by molar-refractivity contribution is 9.10. The first-order chi connectivity index (χ1) is 7.84. The van der Waals surface area contributed by atoms with Gasteiger partial charge < -0.3 is 4.74 Å². The number of hydrogen-bond acceptors (Lipinski definition) is 1. The fourth-order valence-corrected chi connectivity index (χ4v) is 3.12. The van der Waals surface area contributed by atoms with Gasteiger partial charge in [0.2, 0.25) is 0 Å². The number of rotatable bonds is 2. The fraction of sp³-hybridized carbons (Fsp3) is 0.571. The lowest BCUT2D eigenvalue weighted by atomic mass is 9.90. The summed E-state index contributed by atoms with van der Waals surface area (Å²) in [6, 6.07) is 6.95. The second-order valence-corrected chi connectivity index (χ2v) is 5.80. The highest BCUT2D eigenvalue weighted by atomic mass is 79.9. The molecule has 1 aliphatic carbocycles. The van der Waals surface area contributed by atoms with E-state index in [0.29, 0.717) is 0 Å². The molecule has 1 aromatic rings. The van der Waals surface area contributed by atoms with Gasteiger partial charge >= 0.3 is 0 Å². The van der Waals surface area contributed by atoms with Crippen LogP contribution in [0.1, 0.15) is 48.6 Å². The van der Waals surface area contributed by atoms with Crippen LogP contribution < -0.4 is 0 Å². The monoisotopic (exact) mass is 280 g/mol. The Balaban J connectivity index is 1.85. The standard InChI is InChI=1S/C14H17BrO/c15-14-4-3-12(9-13(14)11-1-2-11)10-5-7-16-8-6-10/h3-4,9-11H,1-2,5-8H2. The summed E-state index contributed by atoms with van der Waals surface area (Å²) in [5, 5.41) is 0. The van der Waals surface area contributed by atoms with Crippen LogP contribution in [-0.2, 0) is 4.74 Å². The van der Waals surface area contributed by atoms with Crippen molar-refractivity contribution in [2.75, 3.05) is 13.2 Å². The smallest absolute Gasteiger partial charge is 0.0471 e. The molecule has 0 aromatic heterocycles. The molecule has 1 nitrogen and oxygen atoms in total. The van der Waals surface area contributed by atoms with E-state index in [2.05, 4.69) is 34.1 Å². The van der Waals surface area contributed by atoms with Gasteiger partial charge in [0.25, 0.3) is 0 Å². The molecule has 0 amide bonds. The van der Waals surface area contributed by atoms with Gasteiger partial charge in [0.15, 0.2) is 0 Å². The Bertz CT molecular complexity index is 378. The molecule has 1 saturated carbocycles. The van der Waals surface area contributed by atoms with E-state index < -0.39 is 0 Å². The zero-order valence-corrected chi connectivity index (χ0v) is 11.0. The summed E-state index contributed by atoms with van der Waals surface area (Å²) in [6.07, 6.45) is 5.11. The molecule has 1 aromatic carbocycles. The zero-order valence-electron chi connectivity index (χ0n) is 9.42. The van der Waals surface area contributed by atoms with Crippen molar-refractivity contribution in [2.45, 2.75) is 37.5 Å². The highest BCUT2D eigenvalue weighted by Crippen LogP contribution is 2.44. The Morgan fingerprint density at radius 2 is 1.75 bits per heavy atom. The lowest BCUT2D eigenvalue weighted by Gasteiger charge is -2.23. The summed E-state index contributed by atoms with van der Waals surface area (Å²) in [4.78, 5) is 0. The van der Waals surface area contributed by atoms with E-state index in [4.69, 9.17) is 4.74 Å². The normalized spacial score (nSPS) is 22.3. The van der Waals surface area contributed by atoms with Gasteiger partial charge in [-0.25, -0.2) is 0 Å². The quantitative estimate of drug-likeness (QED) is 0.788. The lowest BCUT2D eigenvalue weighted by molar-refractivity contribution is 0.0853. The van der Waals surface area contributed by atoms with Gasteiger partial charge in [-0.2, -0.15) is 0 Å². The van der Waals surface area contributed by atoms with Gasteiger partial charge in [-0.3, -0.25) is 0 Å². The average Bonchev–Trinajstić information content (AvgIpc) is 3.15. The zero-order chi connectivity index (χ0) is 11.0. The van der Waals surface area contributed by atoms with E-state index >= 15 is 0 Å². The van der Waals surface area contributed by atoms with Crippen LogP contribution in [0.25, 0.3) is 0 Å². The summed E-state index contributed by atoms with van der Waals surface area (Å²) >= 11 is 3.67. The Labute approximate surface area is 105 Å². The van der Waals surface area contributed by atoms with E-state index in [1.165, 1.54) is 41.3 Å². The highest BCUT2D eigenvalue weighted by Gasteiger charge is 2.26. The molecule has 2 heteroatoms. The first-order valence-electron chi connectivity index (χ1n) is 6.21. The molecule has 1 saturated heterocycles. The lowest BCUT2D eigenvalue weighted by Crippen LogP contribution is -2.14. The first kappa shape index (κ1) is 10.8. The Morgan fingerprint density at radius 1 is 1.00 bits per heavy atom. The van der Waals surface area contributed by atoms with Crippen LogP contribution in [-0.4, -0.2) is 13.2 Å². The summed E-state index contributed by atoms with van der Waals surface area (Å²) in [5.41, 5.74) is 3.05. The van der Waals surface area contributed by atoms with E-state index in [1.54, 1.807) is 0 Å². The summed E-state index contributed by atoms with van der Waals surface area (Å²) in [7, 11) is 0. The van der Waals surface area contributed by atoms with E-state index in [1.807, 2.05) is 0 Å². The van der Waals surface area contributed by atoms with Crippen LogP contribution in [0.3, 0.4) is 0 Å². The topological polar surface area (TPSA) is 9.23 Å². The number of ether oxygens (including phenoxy) is 1. The predicted octanol–water partition coefficient (Wildman–Crippen LogP) is 4.22. The summed E-state index contributed by atoms with van der Waals surface area (Å²) < 4.78 is 6.72. The van der Waals surface area contributed by atoms with Crippen LogP contribution in [0.15, 0.2) is 22.7 Å². The van der Waals surface area contributed by atoms with Crippen LogP contribution in [0.5, 0.6) is 0 Å². The van der Waals surface area contributed by atoms with Gasteiger partial charge in [-0.1, -0.05) is 28.1 Å². The van der Waals surface area contributed by atoms with Gasteiger partial charge in [0.05, 0.1) is 0 Å². The van der Waals surface area contributed by atoms with E-state index in [0.717, 1.165) is 25.0 Å². The molecule has 86 valence electrons. The largest absolute Gasteiger partial charge is 0.381 e. The molecule has 0 radical (unpaired) electrons. The Morgan fingerprint density at radius 3 is 2.44 bits per heavy atom. The maximum absolute atomic E-state index is 5.43. The Hall–Kier alpha value is -0.340. The van der Waals surface area contributed by atoms with Crippen LogP contribution in [0.4, 0.5) is 0 Å². The molecular weight excluding hydrogens is 264 g/mol. The number of halogens is 1. The van der Waals surface area contributed by atoms with Crippen LogP contribution in [0, 0.1) is 0 Å². The third kappa shape index (κ3) is 2.18. The minimum absolute atomic E-state index is 0.722. The summed E-state index contributed by atoms with van der Waals surface area (Å²) in [6.45, 7) is 1.86. The van der Waals surface area contributed by atoms with Gasteiger partial charge in [-0.15, -0.1) is 0 Å². The van der Waals surface area contributed by atoms with E-state index in [9.17, 15) is 0 Å². The van der Waals surface area contributed by atoms with Crippen molar-refractivity contribution < 1.29 is 4.74 Å². The SMILES string of the molecule is Brc1ccc(C2CCOCC2)cc1C1CC1. The van der Waals surface area contributed by atoms with Crippen LogP contribution >= 0.6 is 15.9 Å². The van der Waals surface area contributed by atoms with Crippen molar-refractivity contribution in [3.8, 4) is 0 Å². The van der Waals surface area contributed by atoms with Gasteiger partial charge in [0.1, 0.15) is 0 Å². The predicted molar refractivity (Wildman–Crippen MR) is 68.9 cm³/mol. The van der Waals surface area contributed by atoms with Gasteiger partial charge in [0, 0.05) is 17.7 Å². The summed E-state index contributed by atoms with van der Waals surface area (Å²) in [5.74, 6) is 1.55. The molecule has 16 heavy (non-hydrogen) atoms. The molecule has 2 aliphatic rings. The van der Waals surface area contributed by atoms with Crippen LogP contribution in [0.2, 0.25) is 0 Å². The first-order valence-corrected chi connectivity index (χ1v) is 7.01. The maximum Gasteiger partial charge on any atom is 0.0471 e. The molecule has 0 atom stereocenters. The second-order valence-electron chi connectivity index (χ2n) is 4.94. The fourth-order valence-electron chi connectivity index (χ4n) is 2.55. The molecule has 0 spiro atoms. The molecule has 0 unspecified atom stereocenters. The molecule has 0 N–H and O–H groups in total. The molecule has 3 rings (SSSR count). The van der Waals surface area contributed by atoms with Crippen molar-refractivity contribution in [3.63, 3.8) is 0 Å². The Kier molecular flexibility index (Phi) is 3.03. The third-order valence-corrected chi connectivity index (χ3v) is 4.45. The van der Waals surface area contributed by atoms with Crippen molar-refractivity contribution in [3.05, 3.63) is 33.8 Å². The molecule has 2 fully saturated rings. The van der Waals surface area contributed by atoms with Crippen molar-refractivity contribution in [2.24, 2.45) is 0 Å². The van der Waals surface area contributed by atoms with E-state index in [-0.39, 0.29) is 0 Å². The molecule has 1 heterocycles. The second kappa shape index (κ2) is 4.50. The minimum atomic E-state index is 0.722. The molecule has 0 bridgehead atoms. The van der Waals surface area contributed by atoms with Crippen molar-refractivity contribution >= 4 is 15.9 Å². The maximum atomic E-state index is 5.43.